The molecule has 0 aromatic rings. The zero-order valence-electron chi connectivity index (χ0n) is 10.3. The number of rotatable bonds is 3. The van der Waals surface area contributed by atoms with Gasteiger partial charge in [-0.15, -0.1) is 0 Å². The lowest BCUT2D eigenvalue weighted by molar-refractivity contribution is -0.164. The van der Waals surface area contributed by atoms with Crippen LogP contribution in [0.3, 0.4) is 0 Å². The second-order valence-corrected chi connectivity index (χ2v) is 4.25. The summed E-state index contributed by atoms with van der Waals surface area (Å²) in [6.45, 7) is 4.14. The number of carboxylic acid groups (broad SMARTS) is 2. The number of ether oxygens (including phenoxy) is 1. The van der Waals surface area contributed by atoms with Gasteiger partial charge >= 0.3 is 17.9 Å². The van der Waals surface area contributed by atoms with Crippen LogP contribution >= 0.6 is 0 Å². The molecule has 0 aromatic heterocycles. The molecular weight excluding hydrogens is 240 g/mol. The van der Waals surface area contributed by atoms with E-state index in [9.17, 15) is 19.5 Å². The van der Waals surface area contributed by atoms with Gasteiger partial charge in [-0.05, 0) is 19.4 Å². The molecule has 0 aromatic carbocycles. The van der Waals surface area contributed by atoms with E-state index in [1.807, 2.05) is 0 Å². The number of hydrogen-bond acceptors (Lipinski definition) is 4. The second-order valence-electron chi connectivity index (χ2n) is 4.25. The van der Waals surface area contributed by atoms with Gasteiger partial charge < -0.3 is 14.9 Å². The summed E-state index contributed by atoms with van der Waals surface area (Å²) >= 11 is 0. The molecule has 0 fully saturated rings. The van der Waals surface area contributed by atoms with Gasteiger partial charge in [-0.3, -0.25) is 9.59 Å². The Hall–Kier alpha value is -2.11. The molecule has 0 radical (unpaired) electrons. The van der Waals surface area contributed by atoms with Crippen molar-refractivity contribution >= 4 is 17.9 Å². The van der Waals surface area contributed by atoms with Gasteiger partial charge in [0.1, 0.15) is 11.5 Å². The fraction of sp³-hybridized carbons (Fsp3) is 0.417. The van der Waals surface area contributed by atoms with E-state index in [0.29, 0.717) is 5.57 Å². The maximum absolute atomic E-state index is 11.3. The van der Waals surface area contributed by atoms with Crippen LogP contribution in [0.15, 0.2) is 23.3 Å². The molecule has 6 heteroatoms. The Bertz CT molecular complexity index is 473. The summed E-state index contributed by atoms with van der Waals surface area (Å²) in [6.07, 6.45) is 2.67. The SMILES string of the molecule is CC(=O)OC1(C)C(C)=CC=C(C(=O)O)C1C(=O)O. The lowest BCUT2D eigenvalue weighted by Gasteiger charge is -2.37. The maximum Gasteiger partial charge on any atom is 0.332 e. The van der Waals surface area contributed by atoms with E-state index < -0.39 is 29.4 Å². The van der Waals surface area contributed by atoms with Gasteiger partial charge in [0.25, 0.3) is 0 Å². The van der Waals surface area contributed by atoms with Crippen LogP contribution in [0.25, 0.3) is 0 Å². The van der Waals surface area contributed by atoms with Gasteiger partial charge in [0.15, 0.2) is 0 Å². The minimum absolute atomic E-state index is 0.308. The third-order valence-electron chi connectivity index (χ3n) is 3.01. The molecule has 1 rings (SSSR count). The predicted octanol–water partition coefficient (Wildman–Crippen LogP) is 0.980. The second kappa shape index (κ2) is 4.64. The first-order valence-corrected chi connectivity index (χ1v) is 5.24. The normalized spacial score (nSPS) is 26.9. The smallest absolute Gasteiger partial charge is 0.332 e. The molecule has 2 N–H and O–H groups in total. The highest BCUT2D eigenvalue weighted by Crippen LogP contribution is 2.38. The molecule has 2 unspecified atom stereocenters. The fourth-order valence-electron chi connectivity index (χ4n) is 2.00. The number of carboxylic acids is 2. The minimum Gasteiger partial charge on any atom is -0.481 e. The van der Waals surface area contributed by atoms with E-state index in [1.165, 1.54) is 19.1 Å². The van der Waals surface area contributed by atoms with Crippen LogP contribution in [0.4, 0.5) is 0 Å². The standard InChI is InChI=1S/C12H14O6/c1-6-4-5-8(10(14)15)9(11(16)17)12(6,3)18-7(2)13/h4-5,9H,1-3H3,(H,14,15)(H,16,17). The molecular formula is C12H14O6. The van der Waals surface area contributed by atoms with Crippen LogP contribution in [-0.2, 0) is 19.1 Å². The Kier molecular flexibility index (Phi) is 3.59. The number of allylic oxidation sites excluding steroid dienone is 2. The molecule has 1 aliphatic carbocycles. The van der Waals surface area contributed by atoms with Gasteiger partial charge in [0.2, 0.25) is 0 Å². The van der Waals surface area contributed by atoms with Gasteiger partial charge in [-0.2, -0.15) is 0 Å². The highest BCUT2D eigenvalue weighted by Gasteiger charge is 2.49. The molecule has 0 heterocycles. The first-order valence-electron chi connectivity index (χ1n) is 5.24. The van der Waals surface area contributed by atoms with E-state index in [0.717, 1.165) is 6.92 Å². The van der Waals surface area contributed by atoms with Crippen LogP contribution in [0.1, 0.15) is 20.8 Å². The molecule has 0 saturated heterocycles. The van der Waals surface area contributed by atoms with Crippen LogP contribution in [0.5, 0.6) is 0 Å². The van der Waals surface area contributed by atoms with Crippen molar-refractivity contribution in [1.29, 1.82) is 0 Å². The molecule has 0 bridgehead atoms. The van der Waals surface area contributed by atoms with Crippen molar-refractivity contribution in [2.45, 2.75) is 26.4 Å². The first-order chi connectivity index (χ1) is 8.20. The van der Waals surface area contributed by atoms with Crippen LogP contribution < -0.4 is 0 Å². The highest BCUT2D eigenvalue weighted by atomic mass is 16.6. The van der Waals surface area contributed by atoms with Crippen molar-refractivity contribution in [2.24, 2.45) is 5.92 Å². The largest absolute Gasteiger partial charge is 0.481 e. The van der Waals surface area contributed by atoms with E-state index in [4.69, 9.17) is 9.84 Å². The average Bonchev–Trinajstić information content (AvgIpc) is 2.19. The maximum atomic E-state index is 11.3. The number of carbonyl (C=O) groups is 3. The monoisotopic (exact) mass is 254 g/mol. The lowest BCUT2D eigenvalue weighted by Crippen LogP contribution is -2.48. The van der Waals surface area contributed by atoms with Gasteiger partial charge in [-0.1, -0.05) is 12.2 Å². The molecule has 18 heavy (non-hydrogen) atoms. The van der Waals surface area contributed by atoms with Crippen molar-refractivity contribution in [1.82, 2.24) is 0 Å². The molecule has 2 atom stereocenters. The highest BCUT2D eigenvalue weighted by molar-refractivity contribution is 5.96. The number of hydrogen-bond donors (Lipinski definition) is 2. The summed E-state index contributed by atoms with van der Waals surface area (Å²) in [5, 5.41) is 18.2. The van der Waals surface area contributed by atoms with Crippen LogP contribution in [0, 0.1) is 5.92 Å². The predicted molar refractivity (Wildman–Crippen MR) is 60.8 cm³/mol. The summed E-state index contributed by atoms with van der Waals surface area (Å²) in [5.74, 6) is -4.78. The van der Waals surface area contributed by atoms with Crippen molar-refractivity contribution in [3.8, 4) is 0 Å². The number of carbonyl (C=O) groups excluding carboxylic acids is 1. The van der Waals surface area contributed by atoms with Crippen molar-refractivity contribution in [3.63, 3.8) is 0 Å². The molecule has 0 spiro atoms. The molecule has 6 nitrogen and oxygen atoms in total. The Balaban J connectivity index is 3.36. The average molecular weight is 254 g/mol. The van der Waals surface area contributed by atoms with E-state index in [2.05, 4.69) is 0 Å². The first kappa shape index (κ1) is 14.0. The summed E-state index contributed by atoms with van der Waals surface area (Å²) in [5.41, 5.74) is -1.31. The van der Waals surface area contributed by atoms with Gasteiger partial charge in [0.05, 0.1) is 5.57 Å². The van der Waals surface area contributed by atoms with E-state index in [1.54, 1.807) is 6.92 Å². The van der Waals surface area contributed by atoms with Crippen molar-refractivity contribution < 1.29 is 29.3 Å². The van der Waals surface area contributed by atoms with Crippen LogP contribution in [0.2, 0.25) is 0 Å². The Morgan fingerprint density at radius 2 is 1.83 bits per heavy atom. The zero-order valence-corrected chi connectivity index (χ0v) is 10.3. The van der Waals surface area contributed by atoms with E-state index >= 15 is 0 Å². The zero-order chi connectivity index (χ0) is 14.1. The number of aliphatic carboxylic acids is 2. The quantitative estimate of drug-likeness (QED) is 0.728. The van der Waals surface area contributed by atoms with Crippen LogP contribution in [-0.4, -0.2) is 33.7 Å². The summed E-state index contributed by atoms with van der Waals surface area (Å²) in [7, 11) is 0. The minimum atomic E-state index is -1.49. The molecule has 1 aliphatic rings. The molecule has 0 saturated carbocycles. The van der Waals surface area contributed by atoms with E-state index in [-0.39, 0.29) is 5.57 Å². The molecule has 0 amide bonds. The van der Waals surface area contributed by atoms with Gasteiger partial charge in [0, 0.05) is 6.92 Å². The summed E-state index contributed by atoms with van der Waals surface area (Å²) < 4.78 is 5.05. The Labute approximate surface area is 104 Å². The topological polar surface area (TPSA) is 101 Å². The van der Waals surface area contributed by atoms with Crippen molar-refractivity contribution in [3.05, 3.63) is 23.3 Å². The van der Waals surface area contributed by atoms with Gasteiger partial charge in [-0.25, -0.2) is 4.79 Å². The lowest BCUT2D eigenvalue weighted by atomic mass is 9.74. The summed E-state index contributed by atoms with van der Waals surface area (Å²) in [4.78, 5) is 33.4. The number of esters is 1. The third-order valence-corrected chi connectivity index (χ3v) is 3.01. The Morgan fingerprint density at radius 1 is 1.28 bits per heavy atom. The summed E-state index contributed by atoms with van der Waals surface area (Å²) in [6, 6.07) is 0. The third kappa shape index (κ3) is 2.27. The fourth-order valence-corrected chi connectivity index (χ4v) is 2.00. The Morgan fingerprint density at radius 3 is 2.22 bits per heavy atom. The van der Waals surface area contributed by atoms with Crippen molar-refractivity contribution in [2.75, 3.05) is 0 Å². The molecule has 0 aliphatic heterocycles. The molecule has 98 valence electrons.